The van der Waals surface area contributed by atoms with E-state index >= 15 is 0 Å². The number of carbonyl (C=O) groups is 1. The van der Waals surface area contributed by atoms with E-state index in [0.29, 0.717) is 6.54 Å². The summed E-state index contributed by atoms with van der Waals surface area (Å²) < 4.78 is 2.00. The van der Waals surface area contributed by atoms with Crippen LogP contribution in [-0.2, 0) is 24.4 Å². The monoisotopic (exact) mass is 366 g/mol. The van der Waals surface area contributed by atoms with Gasteiger partial charge in [-0.25, -0.2) is 0 Å². The number of aromatic nitrogens is 2. The van der Waals surface area contributed by atoms with E-state index in [1.807, 2.05) is 23.4 Å². The van der Waals surface area contributed by atoms with Gasteiger partial charge < -0.3 is 4.90 Å². The number of carbonyl (C=O) groups excluding carboxylic acids is 1. The van der Waals surface area contributed by atoms with Gasteiger partial charge in [-0.1, -0.05) is 39.3 Å². The van der Waals surface area contributed by atoms with E-state index in [0.717, 1.165) is 61.0 Å². The third-order valence-corrected chi connectivity index (χ3v) is 6.17. The molecular formula is C19H31ClN4O. The average Bonchev–Trinajstić information content (AvgIpc) is 2.90. The zero-order valence-corrected chi connectivity index (χ0v) is 16.7. The first kappa shape index (κ1) is 18.7. The van der Waals surface area contributed by atoms with Crippen molar-refractivity contribution < 1.29 is 4.79 Å². The summed E-state index contributed by atoms with van der Waals surface area (Å²) in [4.78, 5) is 16.6. The van der Waals surface area contributed by atoms with Gasteiger partial charge >= 0.3 is 0 Å². The maximum Gasteiger partial charge on any atom is 0.225 e. The third-order valence-electron chi connectivity index (χ3n) is 5.74. The molecule has 0 bridgehead atoms. The van der Waals surface area contributed by atoms with Gasteiger partial charge in [0.25, 0.3) is 0 Å². The van der Waals surface area contributed by atoms with E-state index in [1.165, 1.54) is 12.8 Å². The lowest BCUT2D eigenvalue weighted by Crippen LogP contribution is -2.40. The molecule has 140 valence electrons. The zero-order chi connectivity index (χ0) is 18.1. The molecule has 0 spiro atoms. The highest BCUT2D eigenvalue weighted by atomic mass is 35.5. The van der Waals surface area contributed by atoms with E-state index in [4.69, 9.17) is 16.7 Å². The van der Waals surface area contributed by atoms with Crippen molar-refractivity contribution in [3.05, 3.63) is 16.4 Å². The molecule has 0 aromatic carbocycles. The van der Waals surface area contributed by atoms with E-state index in [9.17, 15) is 4.79 Å². The first-order chi connectivity index (χ1) is 11.9. The Hall–Kier alpha value is -1.07. The van der Waals surface area contributed by atoms with Gasteiger partial charge in [-0.2, -0.15) is 5.10 Å². The van der Waals surface area contributed by atoms with Gasteiger partial charge in [-0.15, -0.1) is 0 Å². The van der Waals surface area contributed by atoms with E-state index in [1.54, 1.807) is 0 Å². The van der Waals surface area contributed by atoms with Crippen LogP contribution in [0, 0.1) is 17.8 Å². The summed E-state index contributed by atoms with van der Waals surface area (Å²) in [6.45, 7) is 13.7. The molecule has 3 rings (SSSR count). The SMILES string of the molecule is CC(C)C(=O)N1CCn2nc(CN3CCC(C(C)C)CC3)c(Cl)c2C1. The quantitative estimate of drug-likeness (QED) is 0.820. The van der Waals surface area contributed by atoms with Crippen molar-refractivity contribution in [2.24, 2.45) is 17.8 Å². The summed E-state index contributed by atoms with van der Waals surface area (Å²) in [5, 5.41) is 5.50. The van der Waals surface area contributed by atoms with Crippen molar-refractivity contribution >= 4 is 17.5 Å². The smallest absolute Gasteiger partial charge is 0.225 e. The summed E-state index contributed by atoms with van der Waals surface area (Å²) in [5.41, 5.74) is 1.97. The predicted molar refractivity (Wildman–Crippen MR) is 100 cm³/mol. The maximum atomic E-state index is 12.3. The Morgan fingerprint density at radius 1 is 1.16 bits per heavy atom. The lowest BCUT2D eigenvalue weighted by molar-refractivity contribution is -0.136. The summed E-state index contributed by atoms with van der Waals surface area (Å²) in [6.07, 6.45) is 2.53. The molecule has 3 heterocycles. The van der Waals surface area contributed by atoms with Crippen molar-refractivity contribution in [1.82, 2.24) is 19.6 Å². The number of amides is 1. The molecular weight excluding hydrogens is 336 g/mol. The topological polar surface area (TPSA) is 41.4 Å². The number of hydrogen-bond acceptors (Lipinski definition) is 3. The van der Waals surface area contributed by atoms with Crippen LogP contribution in [0.25, 0.3) is 0 Å². The zero-order valence-electron chi connectivity index (χ0n) is 16.0. The Labute approximate surface area is 156 Å². The number of halogens is 1. The second-order valence-electron chi connectivity index (χ2n) is 8.20. The number of likely N-dealkylation sites (tertiary alicyclic amines) is 1. The Morgan fingerprint density at radius 2 is 1.84 bits per heavy atom. The standard InChI is InChI=1S/C19H31ClN4O/c1-13(2)15-5-7-22(8-6-15)11-16-18(20)17-12-23(19(25)14(3)4)9-10-24(17)21-16/h13-15H,5-12H2,1-4H3. The minimum atomic E-state index is 0.0231. The first-order valence-corrected chi connectivity index (χ1v) is 9.99. The van der Waals surface area contributed by atoms with Gasteiger partial charge in [0.15, 0.2) is 0 Å². The molecule has 1 amide bonds. The summed E-state index contributed by atoms with van der Waals surface area (Å²) in [5.74, 6) is 1.84. The Balaban J connectivity index is 1.65. The Kier molecular flexibility index (Phi) is 5.74. The fraction of sp³-hybridized carbons (Fsp3) is 0.789. The molecule has 5 nitrogen and oxygen atoms in total. The van der Waals surface area contributed by atoms with Crippen molar-refractivity contribution in [1.29, 1.82) is 0 Å². The molecule has 1 aromatic rings. The van der Waals surface area contributed by atoms with E-state index in [2.05, 4.69) is 18.7 Å². The minimum Gasteiger partial charge on any atom is -0.335 e. The lowest BCUT2D eigenvalue weighted by atomic mass is 9.87. The number of piperidine rings is 1. The third kappa shape index (κ3) is 4.03. The lowest BCUT2D eigenvalue weighted by Gasteiger charge is -2.33. The molecule has 1 fully saturated rings. The maximum absolute atomic E-state index is 12.3. The van der Waals surface area contributed by atoms with Crippen LogP contribution in [0.15, 0.2) is 0 Å². The fourth-order valence-corrected chi connectivity index (χ4v) is 4.24. The molecule has 0 unspecified atom stereocenters. The van der Waals surface area contributed by atoms with Crippen molar-refractivity contribution in [3.8, 4) is 0 Å². The molecule has 0 saturated carbocycles. The van der Waals surface area contributed by atoms with Gasteiger partial charge in [-0.3, -0.25) is 14.4 Å². The van der Waals surface area contributed by atoms with E-state index < -0.39 is 0 Å². The molecule has 1 aromatic heterocycles. The summed E-state index contributed by atoms with van der Waals surface area (Å²) in [6, 6.07) is 0. The van der Waals surface area contributed by atoms with Gasteiger partial charge in [0.05, 0.1) is 29.5 Å². The highest BCUT2D eigenvalue weighted by Gasteiger charge is 2.28. The van der Waals surface area contributed by atoms with Crippen LogP contribution >= 0.6 is 11.6 Å². The van der Waals surface area contributed by atoms with Crippen molar-refractivity contribution in [2.75, 3.05) is 19.6 Å². The Bertz CT molecular complexity index is 617. The highest BCUT2D eigenvalue weighted by Crippen LogP contribution is 2.29. The van der Waals surface area contributed by atoms with E-state index in [-0.39, 0.29) is 11.8 Å². The largest absolute Gasteiger partial charge is 0.335 e. The van der Waals surface area contributed by atoms with Crippen LogP contribution < -0.4 is 0 Å². The number of fused-ring (bicyclic) bond motifs is 1. The molecule has 2 aliphatic heterocycles. The van der Waals surface area contributed by atoms with Crippen LogP contribution in [0.2, 0.25) is 5.02 Å². The first-order valence-electron chi connectivity index (χ1n) is 9.62. The molecule has 1 saturated heterocycles. The molecule has 0 N–H and O–H groups in total. The average molecular weight is 367 g/mol. The number of rotatable bonds is 4. The Morgan fingerprint density at radius 3 is 2.44 bits per heavy atom. The fourth-order valence-electron chi connectivity index (χ4n) is 3.98. The van der Waals surface area contributed by atoms with Crippen molar-refractivity contribution in [3.63, 3.8) is 0 Å². The normalized spacial score (nSPS) is 19.7. The van der Waals surface area contributed by atoms with Gasteiger partial charge in [0.2, 0.25) is 5.91 Å². The number of nitrogens with zero attached hydrogens (tertiary/aromatic N) is 4. The minimum absolute atomic E-state index is 0.0231. The predicted octanol–water partition coefficient (Wildman–Crippen LogP) is 3.40. The summed E-state index contributed by atoms with van der Waals surface area (Å²) >= 11 is 6.64. The van der Waals surface area contributed by atoms with Crippen LogP contribution in [-0.4, -0.2) is 45.1 Å². The molecule has 0 radical (unpaired) electrons. The highest BCUT2D eigenvalue weighted by molar-refractivity contribution is 6.31. The molecule has 0 aliphatic carbocycles. The van der Waals surface area contributed by atoms with Gasteiger partial charge in [-0.05, 0) is 37.8 Å². The number of hydrogen-bond donors (Lipinski definition) is 0. The van der Waals surface area contributed by atoms with Gasteiger partial charge in [0.1, 0.15) is 0 Å². The second-order valence-corrected chi connectivity index (χ2v) is 8.58. The second kappa shape index (κ2) is 7.67. The molecule has 25 heavy (non-hydrogen) atoms. The van der Waals surface area contributed by atoms with Crippen LogP contribution in [0.3, 0.4) is 0 Å². The summed E-state index contributed by atoms with van der Waals surface area (Å²) in [7, 11) is 0. The van der Waals surface area contributed by atoms with Crippen LogP contribution in [0.4, 0.5) is 0 Å². The van der Waals surface area contributed by atoms with Crippen molar-refractivity contribution in [2.45, 2.75) is 60.2 Å². The van der Waals surface area contributed by atoms with Crippen LogP contribution in [0.1, 0.15) is 51.9 Å². The van der Waals surface area contributed by atoms with Gasteiger partial charge in [0, 0.05) is 19.0 Å². The molecule has 0 atom stereocenters. The van der Waals surface area contributed by atoms with Crippen LogP contribution in [0.5, 0.6) is 0 Å². The molecule has 6 heteroatoms. The molecule has 2 aliphatic rings.